The van der Waals surface area contributed by atoms with Gasteiger partial charge in [0, 0.05) is 29.0 Å². The maximum Gasteiger partial charge on any atom is 0.123 e. The Morgan fingerprint density at radius 3 is 2.82 bits per heavy atom. The summed E-state index contributed by atoms with van der Waals surface area (Å²) in [7, 11) is 0. The average Bonchev–Trinajstić information content (AvgIpc) is 2.29. The summed E-state index contributed by atoms with van der Waals surface area (Å²) in [5.74, 6) is 0.829. The van der Waals surface area contributed by atoms with E-state index in [2.05, 4.69) is 35.1 Å². The van der Waals surface area contributed by atoms with Crippen molar-refractivity contribution >= 4 is 15.9 Å². The van der Waals surface area contributed by atoms with Crippen molar-refractivity contribution in [1.29, 1.82) is 0 Å². The molecule has 0 amide bonds. The lowest BCUT2D eigenvalue weighted by molar-refractivity contribution is 0.286. The molecule has 2 nitrogen and oxygen atoms in total. The molecule has 1 aromatic carbocycles. The molecule has 1 aromatic rings. The van der Waals surface area contributed by atoms with E-state index in [0.29, 0.717) is 19.1 Å². The van der Waals surface area contributed by atoms with E-state index in [1.165, 1.54) is 0 Å². The Morgan fingerprint density at radius 1 is 1.41 bits per heavy atom. The normalized spacial score (nSPS) is 10.9. The lowest BCUT2D eigenvalue weighted by Gasteiger charge is -2.14. The molecule has 1 rings (SSSR count). The second-order valence-corrected chi connectivity index (χ2v) is 5.09. The van der Waals surface area contributed by atoms with Gasteiger partial charge in [0.1, 0.15) is 5.75 Å². The van der Waals surface area contributed by atoms with E-state index < -0.39 is 0 Å². The van der Waals surface area contributed by atoms with Gasteiger partial charge in [-0.25, -0.2) is 0 Å². The first-order chi connectivity index (χ1) is 8.13. The van der Waals surface area contributed by atoms with Crippen molar-refractivity contribution in [2.24, 2.45) is 0 Å². The fourth-order valence-corrected chi connectivity index (χ4v) is 1.79. The van der Waals surface area contributed by atoms with Gasteiger partial charge in [-0.2, -0.15) is 0 Å². The maximum atomic E-state index is 12.0. The highest BCUT2D eigenvalue weighted by Crippen LogP contribution is 2.23. The molecular weight excluding hydrogens is 285 g/mol. The van der Waals surface area contributed by atoms with Crippen LogP contribution < -0.4 is 10.1 Å². The van der Waals surface area contributed by atoms with Gasteiger partial charge in [0.05, 0.1) is 13.3 Å². The zero-order chi connectivity index (χ0) is 12.7. The zero-order valence-electron chi connectivity index (χ0n) is 10.3. The molecule has 0 unspecified atom stereocenters. The summed E-state index contributed by atoms with van der Waals surface area (Å²) in [5.41, 5.74) is 1.09. The summed E-state index contributed by atoms with van der Waals surface area (Å²) < 4.78 is 18.6. The van der Waals surface area contributed by atoms with E-state index in [0.717, 1.165) is 22.3 Å². The van der Waals surface area contributed by atoms with Crippen LogP contribution in [0.25, 0.3) is 0 Å². The largest absolute Gasteiger partial charge is 0.493 e. The van der Waals surface area contributed by atoms with Crippen LogP contribution >= 0.6 is 15.9 Å². The van der Waals surface area contributed by atoms with Crippen LogP contribution in [0.3, 0.4) is 0 Å². The van der Waals surface area contributed by atoms with Crippen molar-refractivity contribution in [3.8, 4) is 5.75 Å². The van der Waals surface area contributed by atoms with Crippen LogP contribution in [0.5, 0.6) is 5.75 Å². The summed E-state index contributed by atoms with van der Waals surface area (Å²) in [6, 6.07) is 6.30. The summed E-state index contributed by atoms with van der Waals surface area (Å²) in [4.78, 5) is 0. The van der Waals surface area contributed by atoms with Gasteiger partial charge >= 0.3 is 0 Å². The molecule has 96 valence electrons. The lowest BCUT2D eigenvalue weighted by atomic mass is 10.2. The Kier molecular flexibility index (Phi) is 6.52. The molecule has 0 spiro atoms. The van der Waals surface area contributed by atoms with E-state index in [1.807, 2.05) is 18.2 Å². The maximum absolute atomic E-state index is 12.0. The second kappa shape index (κ2) is 7.67. The minimum Gasteiger partial charge on any atom is -0.493 e. The number of nitrogens with one attached hydrogen (secondary N) is 1. The van der Waals surface area contributed by atoms with Crippen molar-refractivity contribution in [3.05, 3.63) is 28.2 Å². The number of alkyl halides is 1. The highest BCUT2D eigenvalue weighted by atomic mass is 79.9. The third-order valence-corrected chi connectivity index (χ3v) is 2.75. The fraction of sp³-hybridized carbons (Fsp3) is 0.538. The van der Waals surface area contributed by atoms with Gasteiger partial charge in [-0.1, -0.05) is 29.8 Å². The molecular formula is C13H19BrFNO. The van der Waals surface area contributed by atoms with Crippen LogP contribution in [-0.2, 0) is 6.54 Å². The SMILES string of the molecule is CC(C)NCc1cc(Br)ccc1OCCCF. The Hall–Kier alpha value is -0.610. The Balaban J connectivity index is 2.66. The molecule has 0 fully saturated rings. The Labute approximate surface area is 111 Å². The molecule has 0 saturated carbocycles. The van der Waals surface area contributed by atoms with Crippen molar-refractivity contribution in [3.63, 3.8) is 0 Å². The van der Waals surface area contributed by atoms with Crippen molar-refractivity contribution in [2.45, 2.75) is 32.9 Å². The standard InChI is InChI=1S/C13H19BrFNO/c1-10(2)16-9-11-8-12(14)4-5-13(11)17-7-3-6-15/h4-5,8,10,16H,3,6-7,9H2,1-2H3. The van der Waals surface area contributed by atoms with Crippen LogP contribution in [-0.4, -0.2) is 19.3 Å². The number of ether oxygens (including phenoxy) is 1. The third-order valence-electron chi connectivity index (χ3n) is 2.26. The van der Waals surface area contributed by atoms with Crippen LogP contribution in [0.15, 0.2) is 22.7 Å². The number of rotatable bonds is 7. The van der Waals surface area contributed by atoms with Crippen molar-refractivity contribution < 1.29 is 9.13 Å². The van der Waals surface area contributed by atoms with E-state index in [-0.39, 0.29) is 6.67 Å². The van der Waals surface area contributed by atoms with Gasteiger partial charge in [-0.05, 0) is 18.2 Å². The predicted octanol–water partition coefficient (Wildman–Crippen LogP) is 3.69. The van der Waals surface area contributed by atoms with Gasteiger partial charge in [-0.15, -0.1) is 0 Å². The number of hydrogen-bond acceptors (Lipinski definition) is 2. The molecule has 0 aliphatic heterocycles. The fourth-order valence-electron chi connectivity index (χ4n) is 1.38. The average molecular weight is 304 g/mol. The molecule has 0 bridgehead atoms. The van der Waals surface area contributed by atoms with Crippen molar-refractivity contribution in [1.82, 2.24) is 5.32 Å². The van der Waals surface area contributed by atoms with Gasteiger partial charge < -0.3 is 10.1 Å². The van der Waals surface area contributed by atoms with E-state index in [1.54, 1.807) is 0 Å². The van der Waals surface area contributed by atoms with Crippen LogP contribution in [0, 0.1) is 0 Å². The quantitative estimate of drug-likeness (QED) is 0.776. The van der Waals surface area contributed by atoms with Crippen LogP contribution in [0.2, 0.25) is 0 Å². The van der Waals surface area contributed by atoms with Crippen LogP contribution in [0.1, 0.15) is 25.8 Å². The van der Waals surface area contributed by atoms with Gasteiger partial charge in [0.15, 0.2) is 0 Å². The van der Waals surface area contributed by atoms with Gasteiger partial charge in [-0.3, -0.25) is 4.39 Å². The third kappa shape index (κ3) is 5.50. The summed E-state index contributed by atoms with van der Waals surface area (Å²) in [5, 5.41) is 3.34. The Morgan fingerprint density at radius 2 is 2.18 bits per heavy atom. The minimum atomic E-state index is -0.337. The Bertz CT molecular complexity index is 344. The molecule has 0 aliphatic rings. The summed E-state index contributed by atoms with van der Waals surface area (Å²) >= 11 is 3.44. The van der Waals surface area contributed by atoms with Crippen molar-refractivity contribution in [2.75, 3.05) is 13.3 Å². The first-order valence-corrected chi connectivity index (χ1v) is 6.63. The molecule has 4 heteroatoms. The highest BCUT2D eigenvalue weighted by Gasteiger charge is 2.05. The molecule has 0 aliphatic carbocycles. The smallest absolute Gasteiger partial charge is 0.123 e. The minimum absolute atomic E-state index is 0.337. The monoisotopic (exact) mass is 303 g/mol. The molecule has 0 heterocycles. The predicted molar refractivity (Wildman–Crippen MR) is 72.2 cm³/mol. The number of hydrogen-bond donors (Lipinski definition) is 1. The molecule has 0 saturated heterocycles. The van der Waals surface area contributed by atoms with Crippen LogP contribution in [0.4, 0.5) is 4.39 Å². The number of benzene rings is 1. The number of halogens is 2. The lowest BCUT2D eigenvalue weighted by Crippen LogP contribution is -2.22. The van der Waals surface area contributed by atoms with E-state index in [9.17, 15) is 4.39 Å². The summed E-state index contributed by atoms with van der Waals surface area (Å²) in [6.07, 6.45) is 0.438. The zero-order valence-corrected chi connectivity index (χ0v) is 11.9. The first-order valence-electron chi connectivity index (χ1n) is 5.84. The topological polar surface area (TPSA) is 21.3 Å². The molecule has 1 N–H and O–H groups in total. The second-order valence-electron chi connectivity index (χ2n) is 4.18. The van der Waals surface area contributed by atoms with Gasteiger partial charge in [0.25, 0.3) is 0 Å². The molecule has 0 aromatic heterocycles. The first kappa shape index (κ1) is 14.5. The molecule has 0 atom stereocenters. The molecule has 17 heavy (non-hydrogen) atoms. The summed E-state index contributed by atoms with van der Waals surface area (Å²) in [6.45, 7) is 5.04. The van der Waals surface area contributed by atoms with Gasteiger partial charge in [0.2, 0.25) is 0 Å². The van der Waals surface area contributed by atoms with E-state index in [4.69, 9.17) is 4.74 Å². The molecule has 0 radical (unpaired) electrons. The highest BCUT2D eigenvalue weighted by molar-refractivity contribution is 9.10. The van der Waals surface area contributed by atoms with E-state index >= 15 is 0 Å².